The van der Waals surface area contributed by atoms with E-state index in [1.807, 2.05) is 0 Å². The number of carbonyl (C=O) groups excluding carboxylic acids is 1. The van der Waals surface area contributed by atoms with Crippen LogP contribution in [0.1, 0.15) is 68.5 Å². The van der Waals surface area contributed by atoms with Gasteiger partial charge in [-0.15, -0.1) is 0 Å². The number of pyridine rings is 2. The highest BCUT2D eigenvalue weighted by Gasteiger charge is 2.41. The fourth-order valence-corrected chi connectivity index (χ4v) is 7.89. The fourth-order valence-electron chi connectivity index (χ4n) is 5.06. The molecule has 2 saturated carbocycles. The summed E-state index contributed by atoms with van der Waals surface area (Å²) in [7, 11) is -2.17. The Morgan fingerprint density at radius 1 is 1.19 bits per heavy atom. The number of amides is 1. The van der Waals surface area contributed by atoms with Gasteiger partial charge in [0.15, 0.2) is 15.0 Å². The van der Waals surface area contributed by atoms with Crippen LogP contribution in [0.25, 0.3) is 10.3 Å². The van der Waals surface area contributed by atoms with Gasteiger partial charge in [-0.2, -0.15) is 0 Å². The van der Waals surface area contributed by atoms with Crippen LogP contribution in [0.4, 0.5) is 5.13 Å². The third-order valence-electron chi connectivity index (χ3n) is 7.07. The first kappa shape index (κ1) is 24.9. The molecule has 2 aliphatic rings. The van der Waals surface area contributed by atoms with Crippen molar-refractivity contribution in [2.75, 3.05) is 12.4 Å². The quantitative estimate of drug-likeness (QED) is 0.443. The molecule has 2 aliphatic carbocycles. The second kappa shape index (κ2) is 9.93. The Morgan fingerprint density at radius 3 is 2.64 bits per heavy atom. The monoisotopic (exact) mass is 530 g/mol. The second-order valence-corrected chi connectivity index (χ2v) is 13.0. The number of anilines is 1. The van der Waals surface area contributed by atoms with E-state index < -0.39 is 32.5 Å². The molecule has 36 heavy (non-hydrogen) atoms. The number of hydrogen-bond donors (Lipinski definition) is 2. The predicted molar refractivity (Wildman–Crippen MR) is 139 cm³/mol. The zero-order valence-corrected chi connectivity index (χ0v) is 22.0. The van der Waals surface area contributed by atoms with Crippen molar-refractivity contribution in [2.45, 2.75) is 74.4 Å². The number of aryl methyl sites for hydroxylation is 1. The molecule has 3 aromatic heterocycles. The number of fused-ring (bicyclic) bond motifs is 1. The number of nitrogens with zero attached hydrogens (tertiary/aromatic N) is 2. The van der Waals surface area contributed by atoms with Gasteiger partial charge in [0, 0.05) is 17.3 Å². The van der Waals surface area contributed by atoms with Gasteiger partial charge in [0.25, 0.3) is 5.56 Å². The average molecular weight is 531 g/mol. The first-order chi connectivity index (χ1) is 17.3. The molecular weight excluding hydrogens is 500 g/mol. The van der Waals surface area contributed by atoms with Crippen molar-refractivity contribution < 1.29 is 17.9 Å². The van der Waals surface area contributed by atoms with Crippen LogP contribution in [-0.4, -0.2) is 41.6 Å². The number of carbonyl (C=O) groups is 1. The molecule has 2 N–H and O–H groups in total. The zero-order chi connectivity index (χ0) is 25.4. The van der Waals surface area contributed by atoms with Crippen molar-refractivity contribution in [1.29, 1.82) is 0 Å². The van der Waals surface area contributed by atoms with Gasteiger partial charge in [0.2, 0.25) is 11.8 Å². The lowest BCUT2D eigenvalue weighted by molar-refractivity contribution is -0.118. The van der Waals surface area contributed by atoms with Gasteiger partial charge in [-0.05, 0) is 44.2 Å². The van der Waals surface area contributed by atoms with Crippen LogP contribution in [0, 0.1) is 12.8 Å². The minimum absolute atomic E-state index is 0.00193. The number of thiazole rings is 1. The molecule has 0 spiro atoms. The lowest BCUT2D eigenvalue weighted by Gasteiger charge is -2.26. The van der Waals surface area contributed by atoms with Crippen molar-refractivity contribution in [3.05, 3.63) is 39.8 Å². The lowest BCUT2D eigenvalue weighted by Crippen LogP contribution is -2.32. The number of sulfone groups is 1. The average Bonchev–Trinajstić information content (AvgIpc) is 3.64. The molecule has 0 aliphatic heterocycles. The molecule has 1 atom stereocenters. The molecule has 3 aromatic rings. The van der Waals surface area contributed by atoms with Crippen LogP contribution in [0.5, 0.6) is 5.88 Å². The highest BCUT2D eigenvalue weighted by atomic mass is 32.2. The summed E-state index contributed by atoms with van der Waals surface area (Å²) in [6.07, 6.45) is 6.80. The maximum atomic E-state index is 13.8. The Labute approximate surface area is 213 Å². The predicted octanol–water partition coefficient (Wildman–Crippen LogP) is 4.33. The highest BCUT2D eigenvalue weighted by Crippen LogP contribution is 2.39. The maximum absolute atomic E-state index is 13.8. The van der Waals surface area contributed by atoms with E-state index in [9.17, 15) is 18.0 Å². The Hall–Kier alpha value is -2.79. The fraction of sp³-hybridized carbons (Fsp3) is 0.520. The Morgan fingerprint density at radius 2 is 1.94 bits per heavy atom. The SMILES string of the molecule is COc1ccc2nc(NC(=O)[C@H](CC3CCCCC3)c3c(S(=O)(=O)C4CC4)cc(C)[nH]c3=O)sc2n1. The van der Waals surface area contributed by atoms with Crippen molar-refractivity contribution in [1.82, 2.24) is 15.0 Å². The second-order valence-electron chi connectivity index (χ2n) is 9.78. The molecule has 0 unspecified atom stereocenters. The van der Waals surface area contributed by atoms with Crippen LogP contribution in [0.3, 0.4) is 0 Å². The number of aromatic nitrogens is 3. The van der Waals surface area contributed by atoms with Gasteiger partial charge in [-0.3, -0.25) is 9.59 Å². The number of nitrogens with one attached hydrogen (secondary N) is 2. The van der Waals surface area contributed by atoms with Gasteiger partial charge >= 0.3 is 0 Å². The van der Waals surface area contributed by atoms with Crippen LogP contribution >= 0.6 is 11.3 Å². The van der Waals surface area contributed by atoms with Crippen molar-refractivity contribution in [3.63, 3.8) is 0 Å². The minimum atomic E-state index is -3.70. The molecule has 0 radical (unpaired) electrons. The topological polar surface area (TPSA) is 131 Å². The molecule has 192 valence electrons. The molecule has 0 aromatic carbocycles. The molecule has 2 fully saturated rings. The Kier molecular flexibility index (Phi) is 6.86. The normalized spacial score (nSPS) is 17.7. The standard InChI is InChI=1S/C25H30N4O5S2/c1-14-12-19(36(32,33)16-8-9-16)21(23(31)26-14)17(13-15-6-4-3-5-7-15)22(30)29-25-27-18-10-11-20(34-2)28-24(18)35-25/h10-12,15-17H,3-9,13H2,1-2H3,(H,26,31)(H,27,29,30)/t17-/m1/s1. The van der Waals surface area contributed by atoms with Crippen molar-refractivity contribution in [3.8, 4) is 5.88 Å². The zero-order valence-electron chi connectivity index (χ0n) is 20.4. The summed E-state index contributed by atoms with van der Waals surface area (Å²) in [5, 5.41) is 2.72. The van der Waals surface area contributed by atoms with Crippen LogP contribution < -0.4 is 15.6 Å². The Balaban J connectivity index is 1.54. The van der Waals surface area contributed by atoms with Crippen LogP contribution in [0.15, 0.2) is 27.9 Å². The van der Waals surface area contributed by atoms with Gasteiger partial charge in [0.1, 0.15) is 10.3 Å². The molecule has 1 amide bonds. The molecule has 5 rings (SSSR count). The molecule has 0 saturated heterocycles. The largest absolute Gasteiger partial charge is 0.481 e. The maximum Gasteiger partial charge on any atom is 0.253 e. The summed E-state index contributed by atoms with van der Waals surface area (Å²) in [5.74, 6) is -0.642. The van der Waals surface area contributed by atoms with Gasteiger partial charge < -0.3 is 15.0 Å². The summed E-state index contributed by atoms with van der Waals surface area (Å²) in [6, 6.07) is 4.97. The van der Waals surface area contributed by atoms with E-state index in [4.69, 9.17) is 4.74 Å². The Bertz CT molecular complexity index is 1450. The van der Waals surface area contributed by atoms with E-state index in [1.165, 1.54) is 24.5 Å². The number of aromatic amines is 1. The van der Waals surface area contributed by atoms with E-state index in [0.717, 1.165) is 32.1 Å². The molecule has 11 heteroatoms. The van der Waals surface area contributed by atoms with E-state index in [1.54, 1.807) is 19.1 Å². The van der Waals surface area contributed by atoms with E-state index in [-0.39, 0.29) is 16.4 Å². The number of ether oxygens (including phenoxy) is 1. The number of H-pyrrole nitrogens is 1. The van der Waals surface area contributed by atoms with E-state index in [0.29, 0.717) is 46.3 Å². The van der Waals surface area contributed by atoms with Gasteiger partial charge in [-0.1, -0.05) is 43.4 Å². The smallest absolute Gasteiger partial charge is 0.253 e. The van der Waals surface area contributed by atoms with Crippen molar-refractivity contribution in [2.24, 2.45) is 5.92 Å². The summed E-state index contributed by atoms with van der Waals surface area (Å²) >= 11 is 1.21. The minimum Gasteiger partial charge on any atom is -0.481 e. The summed E-state index contributed by atoms with van der Waals surface area (Å²) in [5.41, 5.74) is 0.619. The summed E-state index contributed by atoms with van der Waals surface area (Å²) in [6.45, 7) is 1.66. The lowest BCUT2D eigenvalue weighted by atomic mass is 9.80. The van der Waals surface area contributed by atoms with Crippen LogP contribution in [-0.2, 0) is 14.6 Å². The number of methoxy groups -OCH3 is 1. The number of rotatable bonds is 8. The molecular formula is C25H30N4O5S2. The third-order valence-corrected chi connectivity index (χ3v) is 10.2. The number of hydrogen-bond acceptors (Lipinski definition) is 8. The highest BCUT2D eigenvalue weighted by molar-refractivity contribution is 7.92. The van der Waals surface area contributed by atoms with Crippen molar-refractivity contribution >= 4 is 42.6 Å². The van der Waals surface area contributed by atoms with E-state index >= 15 is 0 Å². The molecule has 9 nitrogen and oxygen atoms in total. The first-order valence-electron chi connectivity index (χ1n) is 12.4. The van der Waals surface area contributed by atoms with Gasteiger partial charge in [0.05, 0.1) is 23.2 Å². The summed E-state index contributed by atoms with van der Waals surface area (Å²) < 4.78 is 31.9. The third kappa shape index (κ3) is 5.04. The molecule has 0 bridgehead atoms. The molecule has 3 heterocycles. The summed E-state index contributed by atoms with van der Waals surface area (Å²) in [4.78, 5) is 39.2. The van der Waals surface area contributed by atoms with Gasteiger partial charge in [-0.25, -0.2) is 18.4 Å². The first-order valence-corrected chi connectivity index (χ1v) is 14.7. The van der Waals surface area contributed by atoms with E-state index in [2.05, 4.69) is 20.3 Å². The van der Waals surface area contributed by atoms with Crippen LogP contribution in [0.2, 0.25) is 0 Å².